The topological polar surface area (TPSA) is 77.9 Å². The van der Waals surface area contributed by atoms with Gasteiger partial charge in [0, 0.05) is 26.1 Å². The standard InChI is InChI=1S/C12H24N2O4S/c1-4-19(17,18)14-7-5-11(6-8-14)12(16)13(3)10(2)9-15/h10-11,15H,4-9H2,1-3H3. The predicted molar refractivity (Wildman–Crippen MR) is 73.1 cm³/mol. The van der Waals surface area contributed by atoms with Crippen LogP contribution in [0.15, 0.2) is 0 Å². The van der Waals surface area contributed by atoms with E-state index < -0.39 is 10.0 Å². The molecule has 19 heavy (non-hydrogen) atoms. The lowest BCUT2D eigenvalue weighted by Gasteiger charge is -2.33. The molecule has 1 atom stereocenters. The van der Waals surface area contributed by atoms with Crippen molar-refractivity contribution in [1.82, 2.24) is 9.21 Å². The number of amides is 1. The number of likely N-dealkylation sites (N-methyl/N-ethyl adjacent to an activating group) is 1. The number of rotatable bonds is 5. The van der Waals surface area contributed by atoms with Gasteiger partial charge < -0.3 is 10.0 Å². The summed E-state index contributed by atoms with van der Waals surface area (Å²) in [5.41, 5.74) is 0. The molecule has 1 N–H and O–H groups in total. The van der Waals surface area contributed by atoms with Gasteiger partial charge in [0.25, 0.3) is 0 Å². The van der Waals surface area contributed by atoms with E-state index in [-0.39, 0.29) is 30.2 Å². The van der Waals surface area contributed by atoms with Gasteiger partial charge in [0.15, 0.2) is 0 Å². The lowest BCUT2D eigenvalue weighted by atomic mass is 9.96. The van der Waals surface area contributed by atoms with Crippen LogP contribution in [0.1, 0.15) is 26.7 Å². The average Bonchev–Trinajstić information content (AvgIpc) is 2.44. The molecule has 0 bridgehead atoms. The third-order valence-corrected chi connectivity index (χ3v) is 5.72. The molecule has 0 spiro atoms. The minimum atomic E-state index is -3.14. The second kappa shape index (κ2) is 6.67. The predicted octanol–water partition coefficient (Wildman–Crippen LogP) is -0.113. The van der Waals surface area contributed by atoms with Crippen LogP contribution in [-0.2, 0) is 14.8 Å². The number of sulfonamides is 1. The molecule has 0 aliphatic carbocycles. The summed E-state index contributed by atoms with van der Waals surface area (Å²) in [6.07, 6.45) is 1.11. The van der Waals surface area contributed by atoms with Crippen molar-refractivity contribution in [3.05, 3.63) is 0 Å². The van der Waals surface area contributed by atoms with Crippen LogP contribution in [0.5, 0.6) is 0 Å². The zero-order valence-corrected chi connectivity index (χ0v) is 12.7. The lowest BCUT2D eigenvalue weighted by Crippen LogP contribution is -2.46. The van der Waals surface area contributed by atoms with E-state index in [1.54, 1.807) is 25.8 Å². The van der Waals surface area contributed by atoms with Crippen LogP contribution >= 0.6 is 0 Å². The van der Waals surface area contributed by atoms with Crippen molar-refractivity contribution in [1.29, 1.82) is 0 Å². The Bertz CT molecular complexity index is 402. The van der Waals surface area contributed by atoms with E-state index in [9.17, 15) is 13.2 Å². The summed E-state index contributed by atoms with van der Waals surface area (Å²) in [5, 5.41) is 9.05. The molecule has 0 aromatic heterocycles. The van der Waals surface area contributed by atoms with Gasteiger partial charge in [-0.2, -0.15) is 0 Å². The number of carbonyl (C=O) groups is 1. The number of piperidine rings is 1. The van der Waals surface area contributed by atoms with E-state index >= 15 is 0 Å². The van der Waals surface area contributed by atoms with Crippen molar-refractivity contribution in [3.63, 3.8) is 0 Å². The number of nitrogens with zero attached hydrogens (tertiary/aromatic N) is 2. The van der Waals surface area contributed by atoms with Crippen molar-refractivity contribution in [3.8, 4) is 0 Å². The summed E-state index contributed by atoms with van der Waals surface area (Å²) < 4.78 is 24.9. The largest absolute Gasteiger partial charge is 0.394 e. The first-order valence-corrected chi connectivity index (χ1v) is 8.29. The van der Waals surface area contributed by atoms with E-state index in [4.69, 9.17) is 5.11 Å². The molecule has 1 saturated heterocycles. The van der Waals surface area contributed by atoms with Crippen molar-refractivity contribution < 1.29 is 18.3 Å². The van der Waals surface area contributed by atoms with E-state index in [0.29, 0.717) is 25.9 Å². The fourth-order valence-electron chi connectivity index (χ4n) is 2.19. The highest BCUT2D eigenvalue weighted by Crippen LogP contribution is 2.22. The summed E-state index contributed by atoms with van der Waals surface area (Å²) in [6.45, 7) is 4.17. The van der Waals surface area contributed by atoms with Gasteiger partial charge in [0.05, 0.1) is 18.4 Å². The number of hydrogen-bond acceptors (Lipinski definition) is 4. The quantitative estimate of drug-likeness (QED) is 0.767. The number of carbonyl (C=O) groups excluding carboxylic acids is 1. The average molecular weight is 292 g/mol. The van der Waals surface area contributed by atoms with Gasteiger partial charge in [-0.25, -0.2) is 12.7 Å². The van der Waals surface area contributed by atoms with Crippen molar-refractivity contribution in [2.75, 3.05) is 32.5 Å². The first-order valence-electron chi connectivity index (χ1n) is 6.68. The van der Waals surface area contributed by atoms with Crippen LogP contribution in [0.3, 0.4) is 0 Å². The van der Waals surface area contributed by atoms with E-state index in [0.717, 1.165) is 0 Å². The Hall–Kier alpha value is -0.660. The summed E-state index contributed by atoms with van der Waals surface area (Å²) in [4.78, 5) is 13.7. The Morgan fingerprint density at radius 1 is 1.42 bits per heavy atom. The summed E-state index contributed by atoms with van der Waals surface area (Å²) in [6, 6.07) is -0.204. The van der Waals surface area contributed by atoms with E-state index in [2.05, 4.69) is 0 Å². The van der Waals surface area contributed by atoms with Crippen molar-refractivity contribution >= 4 is 15.9 Å². The van der Waals surface area contributed by atoms with E-state index in [1.807, 2.05) is 0 Å². The molecule has 1 aliphatic rings. The molecule has 1 unspecified atom stereocenters. The molecule has 0 radical (unpaired) electrons. The fraction of sp³-hybridized carbons (Fsp3) is 0.917. The fourth-order valence-corrected chi connectivity index (χ4v) is 3.32. The molecule has 1 heterocycles. The van der Waals surface area contributed by atoms with Crippen LogP contribution < -0.4 is 0 Å². The SMILES string of the molecule is CCS(=O)(=O)N1CCC(C(=O)N(C)C(C)CO)CC1. The maximum Gasteiger partial charge on any atom is 0.225 e. The van der Waals surface area contributed by atoms with Crippen LogP contribution in [0.4, 0.5) is 0 Å². The molecule has 0 saturated carbocycles. The molecule has 1 fully saturated rings. The first-order chi connectivity index (χ1) is 8.83. The molecule has 7 heteroatoms. The Kier molecular flexibility index (Phi) is 5.76. The highest BCUT2D eigenvalue weighted by atomic mass is 32.2. The Balaban J connectivity index is 2.57. The molecule has 112 valence electrons. The lowest BCUT2D eigenvalue weighted by molar-refractivity contribution is -0.138. The second-order valence-electron chi connectivity index (χ2n) is 5.05. The molecule has 0 aromatic carbocycles. The minimum Gasteiger partial charge on any atom is -0.394 e. The number of hydrogen-bond donors (Lipinski definition) is 1. The molecule has 1 aliphatic heterocycles. The smallest absolute Gasteiger partial charge is 0.225 e. The summed E-state index contributed by atoms with van der Waals surface area (Å²) >= 11 is 0. The third kappa shape index (κ3) is 3.90. The van der Waals surface area contributed by atoms with Crippen LogP contribution in [0.2, 0.25) is 0 Å². The number of aliphatic hydroxyl groups excluding tert-OH is 1. The van der Waals surface area contributed by atoms with Crippen molar-refractivity contribution in [2.45, 2.75) is 32.7 Å². The van der Waals surface area contributed by atoms with Crippen LogP contribution in [0, 0.1) is 5.92 Å². The van der Waals surface area contributed by atoms with Gasteiger partial charge in [-0.3, -0.25) is 4.79 Å². The van der Waals surface area contributed by atoms with Gasteiger partial charge in [-0.05, 0) is 26.7 Å². The van der Waals surface area contributed by atoms with Gasteiger partial charge in [0.1, 0.15) is 0 Å². The number of aliphatic hydroxyl groups is 1. The molecule has 0 aromatic rings. The molecule has 1 rings (SSSR count). The maximum atomic E-state index is 12.2. The molecule has 6 nitrogen and oxygen atoms in total. The molecule has 1 amide bonds. The van der Waals surface area contributed by atoms with Crippen LogP contribution in [0.25, 0.3) is 0 Å². The maximum absolute atomic E-state index is 12.2. The van der Waals surface area contributed by atoms with Gasteiger partial charge >= 0.3 is 0 Å². The van der Waals surface area contributed by atoms with Crippen molar-refractivity contribution in [2.24, 2.45) is 5.92 Å². The third-order valence-electron chi connectivity index (χ3n) is 3.83. The van der Waals surface area contributed by atoms with Crippen LogP contribution in [-0.4, -0.2) is 67.2 Å². The second-order valence-corrected chi connectivity index (χ2v) is 7.31. The minimum absolute atomic E-state index is 0.00454. The molecular weight excluding hydrogens is 268 g/mol. The highest BCUT2D eigenvalue weighted by molar-refractivity contribution is 7.89. The first kappa shape index (κ1) is 16.4. The summed E-state index contributed by atoms with van der Waals surface area (Å²) in [7, 11) is -1.46. The van der Waals surface area contributed by atoms with Gasteiger partial charge in [0.2, 0.25) is 15.9 Å². The van der Waals surface area contributed by atoms with Gasteiger partial charge in [-0.1, -0.05) is 0 Å². The Labute approximate surface area is 115 Å². The summed E-state index contributed by atoms with van der Waals surface area (Å²) in [5.74, 6) is -0.0371. The Morgan fingerprint density at radius 3 is 2.37 bits per heavy atom. The van der Waals surface area contributed by atoms with Gasteiger partial charge in [-0.15, -0.1) is 0 Å². The normalized spacial score (nSPS) is 20.2. The zero-order valence-electron chi connectivity index (χ0n) is 11.9. The Morgan fingerprint density at radius 2 is 1.95 bits per heavy atom. The monoisotopic (exact) mass is 292 g/mol. The van der Waals surface area contributed by atoms with E-state index in [1.165, 1.54) is 4.31 Å². The molecular formula is C12H24N2O4S. The zero-order chi connectivity index (χ0) is 14.6. The highest BCUT2D eigenvalue weighted by Gasteiger charge is 2.32.